The summed E-state index contributed by atoms with van der Waals surface area (Å²) in [5.74, 6) is 1.25. The first-order chi connectivity index (χ1) is 23.2. The molecular formula is C36H47N5O7. The average molecular weight is 662 g/mol. The molecule has 0 radical (unpaired) electrons. The number of aliphatic hydroxyl groups is 1. The summed E-state index contributed by atoms with van der Waals surface area (Å²) in [7, 11) is 2.06. The summed E-state index contributed by atoms with van der Waals surface area (Å²) in [6, 6.07) is 13.3. The van der Waals surface area contributed by atoms with Crippen LogP contribution in [0.3, 0.4) is 0 Å². The number of amides is 3. The van der Waals surface area contributed by atoms with Gasteiger partial charge in [0.1, 0.15) is 5.75 Å². The first-order valence-corrected chi connectivity index (χ1v) is 16.6. The Balaban J connectivity index is 1.36. The number of anilines is 2. The van der Waals surface area contributed by atoms with Crippen molar-refractivity contribution in [2.45, 2.75) is 64.8 Å². The van der Waals surface area contributed by atoms with Gasteiger partial charge in [-0.2, -0.15) is 0 Å². The topological polar surface area (TPSA) is 135 Å². The summed E-state index contributed by atoms with van der Waals surface area (Å²) in [4.78, 5) is 35.4. The Morgan fingerprint density at radius 3 is 2.48 bits per heavy atom. The highest BCUT2D eigenvalue weighted by molar-refractivity contribution is 6.02. The van der Waals surface area contributed by atoms with E-state index in [0.717, 1.165) is 31.4 Å². The van der Waals surface area contributed by atoms with Gasteiger partial charge in [-0.25, -0.2) is 4.79 Å². The number of pyridine rings is 1. The summed E-state index contributed by atoms with van der Waals surface area (Å²) < 4.78 is 23.6. The lowest BCUT2D eigenvalue weighted by atomic mass is 10.0. The van der Waals surface area contributed by atoms with Gasteiger partial charge in [0.2, 0.25) is 6.79 Å². The van der Waals surface area contributed by atoms with E-state index in [2.05, 4.69) is 34.5 Å². The number of carbonyl (C=O) groups is 2. The van der Waals surface area contributed by atoms with Gasteiger partial charge in [0.05, 0.1) is 30.4 Å². The average Bonchev–Trinajstić information content (AvgIpc) is 3.54. The van der Waals surface area contributed by atoms with Gasteiger partial charge in [-0.05, 0) is 88.2 Å². The number of urea groups is 1. The Bertz CT molecular complexity index is 1520. The number of aliphatic hydroxyl groups excluding tert-OH is 1. The molecule has 3 aromatic rings. The van der Waals surface area contributed by atoms with Crippen LogP contribution in [-0.2, 0) is 11.3 Å². The molecule has 3 N–H and O–H groups in total. The lowest BCUT2D eigenvalue weighted by molar-refractivity contribution is -0.0177. The number of carbonyl (C=O) groups excluding carboxylic acids is 2. The van der Waals surface area contributed by atoms with E-state index >= 15 is 0 Å². The van der Waals surface area contributed by atoms with Crippen LogP contribution in [0.4, 0.5) is 16.2 Å². The Morgan fingerprint density at radius 1 is 1.02 bits per heavy atom. The van der Waals surface area contributed by atoms with Crippen molar-refractivity contribution < 1.29 is 33.6 Å². The lowest BCUT2D eigenvalue weighted by Gasteiger charge is -2.36. The highest BCUT2D eigenvalue weighted by Gasteiger charge is 2.30. The largest absolute Gasteiger partial charge is 0.490 e. The third-order valence-corrected chi connectivity index (χ3v) is 8.63. The van der Waals surface area contributed by atoms with Gasteiger partial charge in [-0.3, -0.25) is 14.7 Å². The molecule has 258 valence electrons. The highest BCUT2D eigenvalue weighted by atomic mass is 16.7. The Morgan fingerprint density at radius 2 is 1.73 bits per heavy atom. The van der Waals surface area contributed by atoms with E-state index in [1.54, 1.807) is 53.7 Å². The third-order valence-electron chi connectivity index (χ3n) is 8.63. The predicted molar refractivity (Wildman–Crippen MR) is 183 cm³/mol. The molecule has 0 saturated heterocycles. The van der Waals surface area contributed by atoms with E-state index in [4.69, 9.17) is 18.9 Å². The number of benzene rings is 2. The number of fused-ring (bicyclic) bond motifs is 2. The second-order valence-electron chi connectivity index (χ2n) is 12.7. The van der Waals surface area contributed by atoms with E-state index in [1.165, 1.54) is 0 Å². The van der Waals surface area contributed by atoms with Crippen molar-refractivity contribution in [1.29, 1.82) is 0 Å². The Hall–Kier alpha value is -4.39. The van der Waals surface area contributed by atoms with Crippen molar-refractivity contribution in [1.82, 2.24) is 14.8 Å². The summed E-state index contributed by atoms with van der Waals surface area (Å²) in [6.45, 7) is 8.18. The monoisotopic (exact) mass is 661 g/mol. The molecule has 5 rings (SSSR count). The van der Waals surface area contributed by atoms with E-state index in [9.17, 15) is 14.7 Å². The predicted octanol–water partition coefficient (Wildman–Crippen LogP) is 5.38. The number of nitrogens with zero attached hydrogens (tertiary/aromatic N) is 3. The highest BCUT2D eigenvalue weighted by Crippen LogP contribution is 2.34. The van der Waals surface area contributed by atoms with Crippen molar-refractivity contribution >= 4 is 23.3 Å². The maximum atomic E-state index is 14.4. The molecule has 2 aliphatic heterocycles. The molecule has 0 unspecified atom stereocenters. The summed E-state index contributed by atoms with van der Waals surface area (Å²) in [5.41, 5.74) is 2.41. The molecule has 2 aromatic carbocycles. The van der Waals surface area contributed by atoms with Crippen LogP contribution in [-0.4, -0.2) is 90.2 Å². The van der Waals surface area contributed by atoms with Crippen LogP contribution in [0.1, 0.15) is 56.0 Å². The van der Waals surface area contributed by atoms with Crippen molar-refractivity contribution in [3.8, 4) is 17.2 Å². The molecule has 48 heavy (non-hydrogen) atoms. The van der Waals surface area contributed by atoms with Gasteiger partial charge in [0, 0.05) is 62.0 Å². The molecular weight excluding hydrogens is 614 g/mol. The molecule has 4 atom stereocenters. The molecule has 0 aliphatic carbocycles. The maximum absolute atomic E-state index is 14.4. The van der Waals surface area contributed by atoms with Gasteiger partial charge in [-0.15, -0.1) is 0 Å². The van der Waals surface area contributed by atoms with Gasteiger partial charge in [0.15, 0.2) is 11.5 Å². The van der Waals surface area contributed by atoms with Gasteiger partial charge in [0.25, 0.3) is 5.91 Å². The number of hydrogen-bond donors (Lipinski definition) is 3. The van der Waals surface area contributed by atoms with E-state index < -0.39 is 12.1 Å². The fourth-order valence-electron chi connectivity index (χ4n) is 5.90. The molecule has 3 heterocycles. The second kappa shape index (κ2) is 16.6. The number of nitrogens with one attached hydrogen (secondary N) is 2. The van der Waals surface area contributed by atoms with Gasteiger partial charge < -0.3 is 39.6 Å². The van der Waals surface area contributed by atoms with Crippen LogP contribution in [0.25, 0.3) is 0 Å². The minimum atomic E-state index is -0.485. The second-order valence-corrected chi connectivity index (χ2v) is 12.7. The fourth-order valence-corrected chi connectivity index (χ4v) is 5.90. The fraction of sp³-hybridized carbons (Fsp3) is 0.472. The van der Waals surface area contributed by atoms with Crippen molar-refractivity contribution in [3.05, 3.63) is 72.1 Å². The number of ether oxygens (including phenoxy) is 4. The number of likely N-dealkylation sites (N-methyl/N-ethyl adjacent to an activating group) is 1. The van der Waals surface area contributed by atoms with Gasteiger partial charge in [-0.1, -0.05) is 6.92 Å². The number of aromatic nitrogens is 1. The van der Waals surface area contributed by atoms with E-state index in [-0.39, 0.29) is 37.4 Å². The Kier molecular flexibility index (Phi) is 12.1. The quantitative estimate of drug-likeness (QED) is 0.291. The van der Waals surface area contributed by atoms with Crippen LogP contribution < -0.4 is 24.8 Å². The normalized spacial score (nSPS) is 20.8. The maximum Gasteiger partial charge on any atom is 0.323 e. The molecule has 0 spiro atoms. The zero-order chi connectivity index (χ0) is 34.0. The minimum Gasteiger partial charge on any atom is -0.490 e. The third kappa shape index (κ3) is 9.36. The van der Waals surface area contributed by atoms with Crippen LogP contribution in [0.5, 0.6) is 17.2 Å². The summed E-state index contributed by atoms with van der Waals surface area (Å²) in [5, 5.41) is 15.9. The van der Waals surface area contributed by atoms with Crippen LogP contribution in [0.15, 0.2) is 60.9 Å². The summed E-state index contributed by atoms with van der Waals surface area (Å²) >= 11 is 0. The van der Waals surface area contributed by atoms with Crippen LogP contribution in [0, 0.1) is 5.92 Å². The zero-order valence-corrected chi connectivity index (χ0v) is 28.2. The van der Waals surface area contributed by atoms with Crippen LogP contribution >= 0.6 is 0 Å². The number of hydrogen-bond acceptors (Lipinski definition) is 9. The van der Waals surface area contributed by atoms with Crippen molar-refractivity contribution in [2.75, 3.05) is 50.8 Å². The molecule has 0 saturated carbocycles. The first kappa shape index (κ1) is 34.9. The Labute approximate surface area is 282 Å². The summed E-state index contributed by atoms with van der Waals surface area (Å²) in [6.07, 6.45) is 5.85. The molecule has 2 aliphatic rings. The van der Waals surface area contributed by atoms with E-state index in [1.807, 2.05) is 26.0 Å². The smallest absolute Gasteiger partial charge is 0.323 e. The molecule has 0 fully saturated rings. The first-order valence-electron chi connectivity index (χ1n) is 16.6. The lowest BCUT2D eigenvalue weighted by Crippen LogP contribution is -2.47. The zero-order valence-electron chi connectivity index (χ0n) is 28.2. The molecule has 1 aromatic heterocycles. The van der Waals surface area contributed by atoms with Gasteiger partial charge >= 0.3 is 6.03 Å². The SMILES string of the molecule is C[C@@H]1CN([C@H](C)CO)C(=O)c2cc(NC(=O)Nc3ccc4c(c3)OCO4)ccc2O[C@@H](C)CCCCO[C@@H]1CN(C)Cc1ccncc1. The molecule has 3 amide bonds. The molecule has 12 nitrogen and oxygen atoms in total. The molecule has 12 heteroatoms. The number of rotatable bonds is 8. The minimum absolute atomic E-state index is 0.0529. The van der Waals surface area contributed by atoms with E-state index in [0.29, 0.717) is 53.9 Å². The van der Waals surface area contributed by atoms with Crippen molar-refractivity contribution in [3.63, 3.8) is 0 Å². The molecule has 0 bridgehead atoms. The van der Waals surface area contributed by atoms with Crippen molar-refractivity contribution in [2.24, 2.45) is 5.92 Å². The van der Waals surface area contributed by atoms with Crippen LogP contribution in [0.2, 0.25) is 0 Å². The standard InChI is InChI=1S/C36H47N5O7/c1-24-19-41(25(2)22-42)35(43)30-17-28(38-36(44)39-29-9-11-32-33(18-29)47-23-46-32)8-10-31(30)48-26(3)7-5-6-16-45-34(24)21-40(4)20-27-12-14-37-15-13-27/h8-15,17-18,24-26,34,42H,5-7,16,19-23H2,1-4H3,(H2,38,39,44)/t24-,25-,26+,34-/m1/s1.